The quantitative estimate of drug-likeness (QED) is 0.670. The average Bonchev–Trinajstić information content (AvgIpc) is 2.76. The standard InChI is InChI=1S/C10H12O3/c11-7-9-5-6-10(13-9)12-8-3-1-2-4-8/h5-8H,1-4H2. The first-order valence-electron chi connectivity index (χ1n) is 4.60. The van der Waals surface area contributed by atoms with E-state index in [4.69, 9.17) is 9.15 Å². The molecule has 1 heterocycles. The van der Waals surface area contributed by atoms with Crippen LogP contribution in [0.3, 0.4) is 0 Å². The molecule has 0 aliphatic heterocycles. The Hall–Kier alpha value is -1.25. The van der Waals surface area contributed by atoms with Gasteiger partial charge in [0.1, 0.15) is 6.10 Å². The largest absolute Gasteiger partial charge is 0.462 e. The van der Waals surface area contributed by atoms with Gasteiger partial charge in [0.25, 0.3) is 5.95 Å². The number of hydrogen-bond donors (Lipinski definition) is 0. The van der Waals surface area contributed by atoms with Gasteiger partial charge in [-0.15, -0.1) is 0 Å². The Morgan fingerprint density at radius 2 is 2.15 bits per heavy atom. The van der Waals surface area contributed by atoms with Crippen molar-refractivity contribution in [2.24, 2.45) is 0 Å². The zero-order valence-corrected chi connectivity index (χ0v) is 7.36. The van der Waals surface area contributed by atoms with E-state index >= 15 is 0 Å². The summed E-state index contributed by atoms with van der Waals surface area (Å²) in [5, 5.41) is 0. The molecule has 0 saturated heterocycles. The minimum atomic E-state index is 0.283. The van der Waals surface area contributed by atoms with Crippen LogP contribution < -0.4 is 4.74 Å². The van der Waals surface area contributed by atoms with Gasteiger partial charge in [0.15, 0.2) is 12.0 Å². The first-order valence-corrected chi connectivity index (χ1v) is 4.60. The molecule has 0 spiro atoms. The monoisotopic (exact) mass is 180 g/mol. The van der Waals surface area contributed by atoms with E-state index in [1.54, 1.807) is 12.1 Å². The fourth-order valence-corrected chi connectivity index (χ4v) is 1.63. The third-order valence-electron chi connectivity index (χ3n) is 2.30. The van der Waals surface area contributed by atoms with E-state index < -0.39 is 0 Å². The molecule has 0 unspecified atom stereocenters. The van der Waals surface area contributed by atoms with Crippen LogP contribution in [0.5, 0.6) is 5.95 Å². The lowest BCUT2D eigenvalue weighted by molar-refractivity contribution is 0.107. The number of furan rings is 1. The lowest BCUT2D eigenvalue weighted by atomic mass is 10.3. The highest BCUT2D eigenvalue weighted by Gasteiger charge is 2.17. The van der Waals surface area contributed by atoms with Crippen LogP contribution in [0.4, 0.5) is 0 Å². The first kappa shape index (κ1) is 8.35. The molecular weight excluding hydrogens is 168 g/mol. The number of carbonyl (C=O) groups is 1. The molecule has 2 rings (SSSR count). The number of aldehydes is 1. The van der Waals surface area contributed by atoms with Crippen molar-refractivity contribution in [2.45, 2.75) is 31.8 Å². The molecule has 13 heavy (non-hydrogen) atoms. The zero-order chi connectivity index (χ0) is 9.10. The molecule has 1 aromatic heterocycles. The van der Waals surface area contributed by atoms with E-state index in [9.17, 15) is 4.79 Å². The molecule has 1 saturated carbocycles. The molecule has 0 amide bonds. The van der Waals surface area contributed by atoms with Crippen molar-refractivity contribution in [1.29, 1.82) is 0 Å². The molecule has 70 valence electrons. The summed E-state index contributed by atoms with van der Waals surface area (Å²) >= 11 is 0. The maximum atomic E-state index is 10.3. The predicted molar refractivity (Wildman–Crippen MR) is 47.0 cm³/mol. The Labute approximate surface area is 76.7 Å². The predicted octanol–water partition coefficient (Wildman–Crippen LogP) is 2.41. The molecule has 1 aromatic rings. The van der Waals surface area contributed by atoms with Crippen LogP contribution in [0.15, 0.2) is 16.5 Å². The average molecular weight is 180 g/mol. The number of carbonyl (C=O) groups excluding carboxylic acids is 1. The van der Waals surface area contributed by atoms with E-state index in [1.165, 1.54) is 12.8 Å². The van der Waals surface area contributed by atoms with Gasteiger partial charge in [0.05, 0.1) is 0 Å². The highest BCUT2D eigenvalue weighted by atomic mass is 16.6. The van der Waals surface area contributed by atoms with Crippen LogP contribution in [0.25, 0.3) is 0 Å². The number of ether oxygens (including phenoxy) is 1. The van der Waals surface area contributed by atoms with Crippen molar-refractivity contribution in [3.63, 3.8) is 0 Å². The van der Waals surface area contributed by atoms with Gasteiger partial charge in [-0.05, 0) is 31.7 Å². The number of rotatable bonds is 3. The van der Waals surface area contributed by atoms with E-state index in [2.05, 4.69) is 0 Å². The van der Waals surface area contributed by atoms with Gasteiger partial charge in [-0.2, -0.15) is 0 Å². The minimum absolute atomic E-state index is 0.283. The minimum Gasteiger partial charge on any atom is -0.462 e. The Balaban J connectivity index is 1.96. The van der Waals surface area contributed by atoms with Gasteiger partial charge in [-0.25, -0.2) is 0 Å². The van der Waals surface area contributed by atoms with E-state index in [-0.39, 0.29) is 6.10 Å². The van der Waals surface area contributed by atoms with Crippen molar-refractivity contribution in [3.05, 3.63) is 17.9 Å². The van der Waals surface area contributed by atoms with Gasteiger partial charge in [0.2, 0.25) is 0 Å². The highest BCUT2D eigenvalue weighted by Crippen LogP contribution is 2.24. The van der Waals surface area contributed by atoms with Crippen LogP contribution in [-0.2, 0) is 0 Å². The smallest absolute Gasteiger partial charge is 0.285 e. The maximum absolute atomic E-state index is 10.3. The summed E-state index contributed by atoms with van der Waals surface area (Å²) in [6, 6.07) is 3.32. The molecule has 1 fully saturated rings. The van der Waals surface area contributed by atoms with E-state index in [0.717, 1.165) is 12.8 Å². The number of hydrogen-bond acceptors (Lipinski definition) is 3. The topological polar surface area (TPSA) is 39.4 Å². The van der Waals surface area contributed by atoms with Gasteiger partial charge in [0, 0.05) is 6.07 Å². The molecular formula is C10H12O3. The summed E-state index contributed by atoms with van der Waals surface area (Å²) in [5.74, 6) is 0.794. The molecule has 0 N–H and O–H groups in total. The summed E-state index contributed by atoms with van der Waals surface area (Å²) in [5.41, 5.74) is 0. The maximum Gasteiger partial charge on any atom is 0.285 e. The molecule has 0 bridgehead atoms. The van der Waals surface area contributed by atoms with Gasteiger partial charge < -0.3 is 9.15 Å². The summed E-state index contributed by atoms with van der Waals surface area (Å²) in [4.78, 5) is 10.3. The second-order valence-electron chi connectivity index (χ2n) is 3.30. The molecule has 3 nitrogen and oxygen atoms in total. The van der Waals surface area contributed by atoms with Gasteiger partial charge in [-0.3, -0.25) is 4.79 Å². The highest BCUT2D eigenvalue weighted by molar-refractivity contribution is 5.70. The molecule has 3 heteroatoms. The SMILES string of the molecule is O=Cc1ccc(OC2CCCC2)o1. The second kappa shape index (κ2) is 3.64. The van der Waals surface area contributed by atoms with Crippen molar-refractivity contribution < 1.29 is 13.9 Å². The molecule has 0 aromatic carbocycles. The third-order valence-corrected chi connectivity index (χ3v) is 2.30. The summed E-state index contributed by atoms with van der Waals surface area (Å²) in [6.07, 6.45) is 5.61. The van der Waals surface area contributed by atoms with Crippen LogP contribution in [0.2, 0.25) is 0 Å². The van der Waals surface area contributed by atoms with Gasteiger partial charge >= 0.3 is 0 Å². The molecule has 0 atom stereocenters. The van der Waals surface area contributed by atoms with Crippen molar-refractivity contribution in [2.75, 3.05) is 0 Å². The van der Waals surface area contributed by atoms with Crippen LogP contribution in [0.1, 0.15) is 36.2 Å². The van der Waals surface area contributed by atoms with E-state index in [1.807, 2.05) is 0 Å². The molecule has 0 radical (unpaired) electrons. The van der Waals surface area contributed by atoms with E-state index in [0.29, 0.717) is 18.0 Å². The molecule has 1 aliphatic carbocycles. The lowest BCUT2D eigenvalue weighted by Crippen LogP contribution is -2.09. The fourth-order valence-electron chi connectivity index (χ4n) is 1.63. The van der Waals surface area contributed by atoms with Crippen LogP contribution in [0, 0.1) is 0 Å². The van der Waals surface area contributed by atoms with Crippen LogP contribution >= 0.6 is 0 Å². The normalized spacial score (nSPS) is 17.5. The fraction of sp³-hybridized carbons (Fsp3) is 0.500. The van der Waals surface area contributed by atoms with Crippen molar-refractivity contribution in [3.8, 4) is 5.95 Å². The molecule has 1 aliphatic rings. The Morgan fingerprint density at radius 1 is 1.38 bits per heavy atom. The van der Waals surface area contributed by atoms with Crippen molar-refractivity contribution >= 4 is 6.29 Å². The summed E-state index contributed by atoms with van der Waals surface area (Å²) < 4.78 is 10.6. The lowest BCUT2D eigenvalue weighted by Gasteiger charge is -2.08. The van der Waals surface area contributed by atoms with Gasteiger partial charge in [-0.1, -0.05) is 0 Å². The van der Waals surface area contributed by atoms with Crippen molar-refractivity contribution in [1.82, 2.24) is 0 Å². The summed E-state index contributed by atoms with van der Waals surface area (Å²) in [7, 11) is 0. The zero-order valence-electron chi connectivity index (χ0n) is 7.36. The third kappa shape index (κ3) is 1.91. The van der Waals surface area contributed by atoms with Crippen LogP contribution in [-0.4, -0.2) is 12.4 Å². The Kier molecular flexibility index (Phi) is 2.34. The second-order valence-corrected chi connectivity index (χ2v) is 3.30. The Morgan fingerprint density at radius 3 is 2.77 bits per heavy atom. The first-order chi connectivity index (χ1) is 6.38. The Bertz CT molecular complexity index is 284. The summed E-state index contributed by atoms with van der Waals surface area (Å²) in [6.45, 7) is 0.